The van der Waals surface area contributed by atoms with E-state index < -0.39 is 6.04 Å². The van der Waals surface area contributed by atoms with Gasteiger partial charge in [0.05, 0.1) is 11.0 Å². The van der Waals surface area contributed by atoms with Gasteiger partial charge in [0.25, 0.3) is 0 Å². The zero-order chi connectivity index (χ0) is 17.6. The van der Waals surface area contributed by atoms with E-state index in [2.05, 4.69) is 31.6 Å². The first-order valence-corrected chi connectivity index (χ1v) is 8.89. The highest BCUT2D eigenvalue weighted by atomic mass is 16.2. The first kappa shape index (κ1) is 17.3. The summed E-state index contributed by atoms with van der Waals surface area (Å²) in [6, 6.07) is 7.33. The lowest BCUT2D eigenvalue weighted by molar-refractivity contribution is -0.122. The Morgan fingerprint density at radius 2 is 2.20 bits per heavy atom. The van der Waals surface area contributed by atoms with Crippen molar-refractivity contribution in [3.05, 3.63) is 30.1 Å². The van der Waals surface area contributed by atoms with Crippen LogP contribution in [-0.4, -0.2) is 40.6 Å². The van der Waals surface area contributed by atoms with E-state index in [-0.39, 0.29) is 11.9 Å². The van der Waals surface area contributed by atoms with E-state index in [0.717, 1.165) is 42.7 Å². The van der Waals surface area contributed by atoms with Gasteiger partial charge < -0.3 is 20.5 Å². The molecule has 1 saturated heterocycles. The topological polar surface area (TPSA) is 88.1 Å². The van der Waals surface area contributed by atoms with E-state index in [1.165, 1.54) is 0 Å². The number of para-hydroxylation sites is 2. The molecule has 7 heteroatoms. The fraction of sp³-hybridized carbons (Fsp3) is 0.500. The highest BCUT2D eigenvalue weighted by Crippen LogP contribution is 2.15. The van der Waals surface area contributed by atoms with Crippen LogP contribution in [-0.2, 0) is 11.3 Å². The van der Waals surface area contributed by atoms with Crippen molar-refractivity contribution < 1.29 is 9.59 Å². The molecule has 1 aliphatic rings. The lowest BCUT2D eigenvalue weighted by atomic mass is 10.1. The van der Waals surface area contributed by atoms with E-state index in [1.54, 1.807) is 0 Å². The summed E-state index contributed by atoms with van der Waals surface area (Å²) in [4.78, 5) is 28.4. The van der Waals surface area contributed by atoms with Crippen molar-refractivity contribution >= 4 is 23.0 Å². The molecule has 0 unspecified atom stereocenters. The molecule has 1 atom stereocenters. The maximum atomic E-state index is 12.0. The van der Waals surface area contributed by atoms with Crippen LogP contribution in [0.4, 0.5) is 4.79 Å². The summed E-state index contributed by atoms with van der Waals surface area (Å²) in [5, 5.41) is 8.42. The molecule has 1 aliphatic heterocycles. The molecule has 0 aliphatic carbocycles. The second kappa shape index (κ2) is 8.00. The molecule has 3 N–H and O–H groups in total. The van der Waals surface area contributed by atoms with Gasteiger partial charge in [0, 0.05) is 19.6 Å². The van der Waals surface area contributed by atoms with Gasteiger partial charge in [-0.05, 0) is 44.7 Å². The molecule has 1 aromatic carbocycles. The number of urea groups is 1. The number of imidazole rings is 1. The number of carbonyl (C=O) groups is 2. The molecule has 2 aromatic rings. The predicted octanol–water partition coefficient (Wildman–Crippen LogP) is 1.70. The molecule has 1 fully saturated rings. The monoisotopic (exact) mass is 343 g/mol. The minimum absolute atomic E-state index is 0.0897. The Labute approximate surface area is 147 Å². The predicted molar refractivity (Wildman–Crippen MR) is 96.3 cm³/mol. The lowest BCUT2D eigenvalue weighted by Crippen LogP contribution is -2.49. The van der Waals surface area contributed by atoms with Crippen LogP contribution < -0.4 is 16.0 Å². The molecule has 0 spiro atoms. The first-order valence-electron chi connectivity index (χ1n) is 8.89. The van der Waals surface area contributed by atoms with Crippen LogP contribution in [0.25, 0.3) is 11.0 Å². The van der Waals surface area contributed by atoms with Crippen LogP contribution in [0.2, 0.25) is 0 Å². The van der Waals surface area contributed by atoms with Crippen LogP contribution in [0, 0.1) is 6.92 Å². The SMILES string of the molecule is Cc1nc2ccccc2n1CCCNC(=O)N[C@H]1CCCCNC1=O. The Morgan fingerprint density at radius 1 is 1.36 bits per heavy atom. The summed E-state index contributed by atoms with van der Waals surface area (Å²) in [5.74, 6) is 0.883. The number of aromatic nitrogens is 2. The normalized spacial score (nSPS) is 17.8. The van der Waals surface area contributed by atoms with Gasteiger partial charge in [0.15, 0.2) is 0 Å². The van der Waals surface area contributed by atoms with Gasteiger partial charge in [0.2, 0.25) is 5.91 Å². The van der Waals surface area contributed by atoms with Gasteiger partial charge in [-0.25, -0.2) is 9.78 Å². The minimum Gasteiger partial charge on any atom is -0.354 e. The molecule has 2 heterocycles. The maximum absolute atomic E-state index is 12.0. The highest BCUT2D eigenvalue weighted by Gasteiger charge is 2.21. The summed E-state index contributed by atoms with van der Waals surface area (Å²) in [5.41, 5.74) is 2.10. The fourth-order valence-corrected chi connectivity index (χ4v) is 3.20. The quantitative estimate of drug-likeness (QED) is 0.722. The summed E-state index contributed by atoms with van der Waals surface area (Å²) in [6.45, 7) is 4.02. The minimum atomic E-state index is -0.428. The number of nitrogens with one attached hydrogen (secondary N) is 3. The Morgan fingerprint density at radius 3 is 3.08 bits per heavy atom. The standard InChI is InChI=1S/C18H25N5O2/c1-13-21-14-7-2-3-9-16(14)23(13)12-6-11-20-18(25)22-15-8-4-5-10-19-17(15)24/h2-3,7,9,15H,4-6,8,10-12H2,1H3,(H,19,24)(H2,20,22,25)/t15-/m0/s1. The van der Waals surface area contributed by atoms with E-state index in [4.69, 9.17) is 0 Å². The van der Waals surface area contributed by atoms with Crippen molar-refractivity contribution in [1.82, 2.24) is 25.5 Å². The van der Waals surface area contributed by atoms with E-state index in [0.29, 0.717) is 19.5 Å². The lowest BCUT2D eigenvalue weighted by Gasteiger charge is -2.16. The van der Waals surface area contributed by atoms with Crippen molar-refractivity contribution in [2.24, 2.45) is 0 Å². The summed E-state index contributed by atoms with van der Waals surface area (Å²) in [7, 11) is 0. The molecular formula is C18H25N5O2. The third kappa shape index (κ3) is 4.29. The zero-order valence-electron chi connectivity index (χ0n) is 14.5. The molecule has 134 valence electrons. The highest BCUT2D eigenvalue weighted by molar-refractivity contribution is 5.87. The number of rotatable bonds is 5. The average molecular weight is 343 g/mol. The van der Waals surface area contributed by atoms with E-state index in [9.17, 15) is 9.59 Å². The average Bonchev–Trinajstić information content (AvgIpc) is 2.78. The number of hydrogen-bond acceptors (Lipinski definition) is 3. The molecule has 0 bridgehead atoms. The zero-order valence-corrected chi connectivity index (χ0v) is 14.5. The van der Waals surface area contributed by atoms with Crippen LogP contribution in [0.15, 0.2) is 24.3 Å². The van der Waals surface area contributed by atoms with Gasteiger partial charge in [-0.3, -0.25) is 4.79 Å². The molecule has 3 rings (SSSR count). The number of hydrogen-bond donors (Lipinski definition) is 3. The maximum Gasteiger partial charge on any atom is 0.315 e. The molecule has 25 heavy (non-hydrogen) atoms. The molecule has 1 aromatic heterocycles. The molecule has 0 radical (unpaired) electrons. The second-order valence-corrected chi connectivity index (χ2v) is 6.39. The van der Waals surface area contributed by atoms with E-state index in [1.807, 2.05) is 25.1 Å². The molecule has 0 saturated carbocycles. The number of fused-ring (bicyclic) bond motifs is 1. The fourth-order valence-electron chi connectivity index (χ4n) is 3.20. The number of amides is 3. The summed E-state index contributed by atoms with van der Waals surface area (Å²) in [6.07, 6.45) is 3.39. The van der Waals surface area contributed by atoms with Crippen LogP contribution in [0.1, 0.15) is 31.5 Å². The summed E-state index contributed by atoms with van der Waals surface area (Å²) >= 11 is 0. The Balaban J connectivity index is 1.45. The first-order chi connectivity index (χ1) is 12.1. The number of benzene rings is 1. The van der Waals surface area contributed by atoms with E-state index >= 15 is 0 Å². The molecule has 7 nitrogen and oxygen atoms in total. The van der Waals surface area contributed by atoms with Gasteiger partial charge in [0.1, 0.15) is 11.9 Å². The van der Waals surface area contributed by atoms with Crippen LogP contribution in [0.3, 0.4) is 0 Å². The third-order valence-electron chi connectivity index (χ3n) is 4.53. The van der Waals surface area contributed by atoms with Crippen molar-refractivity contribution in [1.29, 1.82) is 0 Å². The third-order valence-corrected chi connectivity index (χ3v) is 4.53. The van der Waals surface area contributed by atoms with Gasteiger partial charge in [-0.15, -0.1) is 0 Å². The summed E-state index contributed by atoms with van der Waals surface area (Å²) < 4.78 is 2.16. The smallest absolute Gasteiger partial charge is 0.315 e. The van der Waals surface area contributed by atoms with Crippen molar-refractivity contribution in [2.45, 2.75) is 45.2 Å². The number of nitrogens with zero attached hydrogens (tertiary/aromatic N) is 2. The van der Waals surface area contributed by atoms with Crippen molar-refractivity contribution in [2.75, 3.05) is 13.1 Å². The van der Waals surface area contributed by atoms with Crippen LogP contribution >= 0.6 is 0 Å². The van der Waals surface area contributed by atoms with Crippen molar-refractivity contribution in [3.63, 3.8) is 0 Å². The molecule has 3 amide bonds. The Kier molecular flexibility index (Phi) is 5.53. The van der Waals surface area contributed by atoms with Gasteiger partial charge >= 0.3 is 6.03 Å². The second-order valence-electron chi connectivity index (χ2n) is 6.39. The Hall–Kier alpha value is -2.57. The largest absolute Gasteiger partial charge is 0.354 e. The number of aryl methyl sites for hydroxylation is 2. The molecular weight excluding hydrogens is 318 g/mol. The van der Waals surface area contributed by atoms with Gasteiger partial charge in [-0.2, -0.15) is 0 Å². The number of carbonyl (C=O) groups excluding carboxylic acids is 2. The Bertz CT molecular complexity index is 755. The van der Waals surface area contributed by atoms with Crippen LogP contribution in [0.5, 0.6) is 0 Å². The van der Waals surface area contributed by atoms with Crippen molar-refractivity contribution in [3.8, 4) is 0 Å². The van der Waals surface area contributed by atoms with Gasteiger partial charge in [-0.1, -0.05) is 12.1 Å².